The molecule has 7 nitrogen and oxygen atoms in total. The van der Waals surface area contributed by atoms with E-state index in [0.717, 1.165) is 49.3 Å². The Morgan fingerprint density at radius 2 is 1.94 bits per heavy atom. The Bertz CT molecular complexity index is 945. The molecule has 2 aliphatic rings. The highest BCUT2D eigenvalue weighted by molar-refractivity contribution is 7.99. The number of aryl methyl sites for hydroxylation is 2. The van der Waals surface area contributed by atoms with Gasteiger partial charge in [0.2, 0.25) is 11.8 Å². The van der Waals surface area contributed by atoms with Gasteiger partial charge in [-0.1, -0.05) is 17.8 Å². The number of amides is 2. The van der Waals surface area contributed by atoms with Crippen LogP contribution < -0.4 is 15.5 Å². The Kier molecular flexibility index (Phi) is 6.75. The number of rotatable bonds is 7. The van der Waals surface area contributed by atoms with Gasteiger partial charge in [0.15, 0.2) is 5.82 Å². The van der Waals surface area contributed by atoms with E-state index in [4.69, 9.17) is 0 Å². The summed E-state index contributed by atoms with van der Waals surface area (Å²) in [6.07, 6.45) is 4.11. The Morgan fingerprint density at radius 3 is 2.65 bits per heavy atom. The normalized spacial score (nSPS) is 18.5. The third kappa shape index (κ3) is 5.97. The van der Waals surface area contributed by atoms with E-state index in [0.29, 0.717) is 17.6 Å². The number of hydrogen-bond acceptors (Lipinski definition) is 6. The fraction of sp³-hybridized carbons (Fsp3) is 0.478. The number of thioether (sulfide) groups is 1. The third-order valence-electron chi connectivity index (χ3n) is 5.81. The monoisotopic (exact) mass is 439 g/mol. The largest absolute Gasteiger partial charge is 0.354 e. The highest BCUT2D eigenvalue weighted by Crippen LogP contribution is 2.25. The van der Waals surface area contributed by atoms with Gasteiger partial charge in [0.05, 0.1) is 11.7 Å². The summed E-state index contributed by atoms with van der Waals surface area (Å²) in [7, 11) is 0. The summed E-state index contributed by atoms with van der Waals surface area (Å²) in [5, 5.41) is 15.4. The fourth-order valence-corrected chi connectivity index (χ4v) is 4.27. The van der Waals surface area contributed by atoms with Crippen molar-refractivity contribution in [2.24, 2.45) is 5.92 Å². The van der Waals surface area contributed by atoms with Crippen LogP contribution in [-0.4, -0.2) is 46.9 Å². The molecule has 0 unspecified atom stereocenters. The first kappa shape index (κ1) is 21.6. The Morgan fingerprint density at radius 1 is 1.10 bits per heavy atom. The molecule has 0 spiro atoms. The molecule has 1 aliphatic heterocycles. The summed E-state index contributed by atoms with van der Waals surface area (Å²) in [6.45, 7) is 5.64. The molecule has 4 rings (SSSR count). The molecule has 1 atom stereocenters. The molecular formula is C23H29N5O2S. The molecule has 0 radical (unpaired) electrons. The molecule has 2 heterocycles. The van der Waals surface area contributed by atoms with Gasteiger partial charge in [-0.05, 0) is 74.9 Å². The van der Waals surface area contributed by atoms with Gasteiger partial charge in [0.25, 0.3) is 0 Å². The lowest BCUT2D eigenvalue weighted by molar-refractivity contribution is -0.125. The number of aromatic nitrogens is 2. The Hall–Kier alpha value is -2.61. The van der Waals surface area contributed by atoms with E-state index in [1.807, 2.05) is 44.2 Å². The average molecular weight is 440 g/mol. The van der Waals surface area contributed by atoms with Crippen molar-refractivity contribution in [3.63, 3.8) is 0 Å². The maximum absolute atomic E-state index is 12.4. The molecule has 8 heteroatoms. The topological polar surface area (TPSA) is 87.2 Å². The molecule has 1 saturated carbocycles. The molecule has 2 amide bonds. The number of carbonyl (C=O) groups excluding carboxylic acids is 2. The molecule has 1 aliphatic carbocycles. The van der Waals surface area contributed by atoms with E-state index >= 15 is 0 Å². The van der Waals surface area contributed by atoms with Crippen LogP contribution in [0.1, 0.15) is 36.8 Å². The molecule has 1 aromatic heterocycles. The summed E-state index contributed by atoms with van der Waals surface area (Å²) in [6, 6.07) is 10.1. The van der Waals surface area contributed by atoms with E-state index in [-0.39, 0.29) is 23.5 Å². The molecule has 2 aromatic rings. The minimum absolute atomic E-state index is 0.0132. The van der Waals surface area contributed by atoms with Crippen molar-refractivity contribution in [1.82, 2.24) is 15.5 Å². The summed E-state index contributed by atoms with van der Waals surface area (Å²) < 4.78 is 0. The lowest BCUT2D eigenvalue weighted by Crippen LogP contribution is -2.44. The van der Waals surface area contributed by atoms with Gasteiger partial charge >= 0.3 is 0 Å². The van der Waals surface area contributed by atoms with Crippen LogP contribution >= 0.6 is 11.8 Å². The number of nitrogens with zero attached hydrogens (tertiary/aromatic N) is 3. The highest BCUT2D eigenvalue weighted by atomic mass is 32.2. The number of carbonyl (C=O) groups is 2. The van der Waals surface area contributed by atoms with Crippen molar-refractivity contribution in [3.8, 4) is 0 Å². The highest BCUT2D eigenvalue weighted by Gasteiger charge is 2.30. The minimum Gasteiger partial charge on any atom is -0.354 e. The van der Waals surface area contributed by atoms with Crippen LogP contribution in [0.25, 0.3) is 0 Å². The van der Waals surface area contributed by atoms with Crippen LogP contribution in [-0.2, 0) is 9.59 Å². The summed E-state index contributed by atoms with van der Waals surface area (Å²) in [4.78, 5) is 26.8. The third-order valence-corrected chi connectivity index (χ3v) is 6.73. The summed E-state index contributed by atoms with van der Waals surface area (Å²) in [5.41, 5.74) is 3.16. The van der Waals surface area contributed by atoms with E-state index in [1.165, 1.54) is 17.3 Å². The SMILES string of the molecule is Cc1ccc(NC(=O)CSc2ccc(N3CCC[C@H](C(=O)NC4CC4)C3)nn2)cc1C. The van der Waals surface area contributed by atoms with Crippen LogP contribution in [0.3, 0.4) is 0 Å². The minimum atomic E-state index is -0.0697. The lowest BCUT2D eigenvalue weighted by Gasteiger charge is -2.32. The zero-order chi connectivity index (χ0) is 21.8. The van der Waals surface area contributed by atoms with Gasteiger partial charge in [0.1, 0.15) is 5.03 Å². The Labute approximate surface area is 187 Å². The predicted octanol–water partition coefficient (Wildman–Crippen LogP) is 3.32. The van der Waals surface area contributed by atoms with Crippen molar-refractivity contribution in [2.75, 3.05) is 29.1 Å². The number of nitrogens with one attached hydrogen (secondary N) is 2. The van der Waals surface area contributed by atoms with Crippen LogP contribution in [0.5, 0.6) is 0 Å². The standard InChI is InChI=1S/C23H29N5O2S/c1-15-5-6-19(12-16(15)2)24-21(29)14-31-22-10-9-20(26-27-22)28-11-3-4-17(13-28)23(30)25-18-7-8-18/h5-6,9-10,12,17-18H,3-4,7-8,11,13-14H2,1-2H3,(H,24,29)(H,25,30)/t17-/m0/s1. The molecule has 2 fully saturated rings. The van der Waals surface area contributed by atoms with Crippen LogP contribution in [0.2, 0.25) is 0 Å². The quantitative estimate of drug-likeness (QED) is 0.644. The second-order valence-electron chi connectivity index (χ2n) is 8.43. The second kappa shape index (κ2) is 9.68. The maximum Gasteiger partial charge on any atom is 0.234 e. The van der Waals surface area contributed by atoms with Crippen molar-refractivity contribution in [1.29, 1.82) is 0 Å². The van der Waals surface area contributed by atoms with Gasteiger partial charge < -0.3 is 15.5 Å². The molecule has 2 N–H and O–H groups in total. The first-order chi connectivity index (χ1) is 15.0. The predicted molar refractivity (Wildman–Crippen MR) is 123 cm³/mol. The molecule has 31 heavy (non-hydrogen) atoms. The van der Waals surface area contributed by atoms with Crippen LogP contribution in [0.15, 0.2) is 35.4 Å². The smallest absolute Gasteiger partial charge is 0.234 e. The van der Waals surface area contributed by atoms with E-state index < -0.39 is 0 Å². The summed E-state index contributed by atoms with van der Waals surface area (Å²) in [5.74, 6) is 1.17. The van der Waals surface area contributed by atoms with Crippen molar-refractivity contribution in [2.45, 2.75) is 50.6 Å². The van der Waals surface area contributed by atoms with Crippen LogP contribution in [0, 0.1) is 19.8 Å². The van der Waals surface area contributed by atoms with Crippen molar-refractivity contribution < 1.29 is 9.59 Å². The molecular weight excluding hydrogens is 410 g/mol. The number of hydrogen-bond donors (Lipinski definition) is 2. The number of piperidine rings is 1. The second-order valence-corrected chi connectivity index (χ2v) is 9.43. The average Bonchev–Trinajstić information content (AvgIpc) is 3.59. The fourth-order valence-electron chi connectivity index (χ4n) is 3.66. The zero-order valence-electron chi connectivity index (χ0n) is 18.1. The molecule has 1 aromatic carbocycles. The maximum atomic E-state index is 12.4. The van der Waals surface area contributed by atoms with Gasteiger partial charge in [-0.3, -0.25) is 9.59 Å². The molecule has 164 valence electrons. The van der Waals surface area contributed by atoms with E-state index in [1.54, 1.807) is 0 Å². The number of benzene rings is 1. The lowest BCUT2D eigenvalue weighted by atomic mass is 9.97. The first-order valence-corrected chi connectivity index (χ1v) is 11.9. The first-order valence-electron chi connectivity index (χ1n) is 10.9. The van der Waals surface area contributed by atoms with Crippen molar-refractivity contribution in [3.05, 3.63) is 41.5 Å². The Balaban J connectivity index is 1.27. The zero-order valence-corrected chi connectivity index (χ0v) is 18.9. The number of anilines is 2. The summed E-state index contributed by atoms with van der Waals surface area (Å²) >= 11 is 1.36. The van der Waals surface area contributed by atoms with Gasteiger partial charge in [-0.15, -0.1) is 10.2 Å². The van der Waals surface area contributed by atoms with E-state index in [2.05, 4.69) is 25.7 Å². The van der Waals surface area contributed by atoms with E-state index in [9.17, 15) is 9.59 Å². The molecule has 1 saturated heterocycles. The van der Waals surface area contributed by atoms with Gasteiger partial charge in [-0.2, -0.15) is 0 Å². The molecule has 0 bridgehead atoms. The van der Waals surface area contributed by atoms with Gasteiger partial charge in [0, 0.05) is 24.8 Å². The van der Waals surface area contributed by atoms with Crippen molar-refractivity contribution >= 4 is 35.1 Å². The van der Waals surface area contributed by atoms with Crippen LogP contribution in [0.4, 0.5) is 11.5 Å². The van der Waals surface area contributed by atoms with Gasteiger partial charge in [-0.25, -0.2) is 0 Å².